The van der Waals surface area contributed by atoms with Crippen LogP contribution in [0.25, 0.3) is 0 Å². The molecule has 1 aromatic carbocycles. The van der Waals surface area contributed by atoms with E-state index in [-0.39, 0.29) is 5.41 Å². The maximum atomic E-state index is 11.1. The first-order valence-electron chi connectivity index (χ1n) is 7.25. The molecule has 3 aliphatic rings. The molecular weight excluding hydrogens is 303 g/mol. The van der Waals surface area contributed by atoms with E-state index in [9.17, 15) is 4.19 Å². The van der Waals surface area contributed by atoms with E-state index in [1.165, 1.54) is 19.3 Å². The zero-order valence-corrected chi connectivity index (χ0v) is 13.3. The molecule has 1 N–H and O–H groups in total. The van der Waals surface area contributed by atoms with Crippen LogP contribution in [0.5, 0.6) is 0 Å². The Morgan fingerprint density at radius 3 is 2.63 bits per heavy atom. The van der Waals surface area contributed by atoms with Crippen LogP contribution >= 0.6 is 0 Å². The van der Waals surface area contributed by atoms with Gasteiger partial charge in [-0.2, -0.15) is 0 Å². The van der Waals surface area contributed by atoms with Crippen molar-refractivity contribution in [2.24, 2.45) is 16.7 Å². The van der Waals surface area contributed by atoms with Crippen LogP contribution in [0.2, 0.25) is 5.32 Å². The number of fused-ring (bicyclic) bond motifs is 1. The first kappa shape index (κ1) is 12.4. The molecule has 2 bridgehead atoms. The van der Waals surface area contributed by atoms with Gasteiger partial charge in [-0.1, -0.05) is 0 Å². The number of rotatable bonds is 1. The molecule has 1 spiro atoms. The Labute approximate surface area is 118 Å². The van der Waals surface area contributed by atoms with E-state index in [1.807, 2.05) is 18.2 Å². The van der Waals surface area contributed by atoms with Crippen LogP contribution in [0.15, 0.2) is 30.3 Å². The van der Waals surface area contributed by atoms with Crippen molar-refractivity contribution in [3.8, 4) is 0 Å². The summed E-state index contributed by atoms with van der Waals surface area (Å²) in [5, 5.41) is 0.918. The SMILES string of the molecule is CC1(C)[C@@H]2CC[C@]13C[Se](O)(c1ccccc1)O[C@@H]3C2. The fourth-order valence-corrected chi connectivity index (χ4v) is 11.1. The maximum absolute atomic E-state index is 11.1. The van der Waals surface area contributed by atoms with Crippen LogP contribution in [0.4, 0.5) is 0 Å². The second-order valence-corrected chi connectivity index (χ2v) is 11.7. The average molecular weight is 325 g/mol. The van der Waals surface area contributed by atoms with Crippen LogP contribution in [0.3, 0.4) is 0 Å². The summed E-state index contributed by atoms with van der Waals surface area (Å²) >= 11 is -2.92. The zero-order valence-electron chi connectivity index (χ0n) is 11.6. The van der Waals surface area contributed by atoms with E-state index in [0.717, 1.165) is 15.7 Å². The topological polar surface area (TPSA) is 29.5 Å². The Morgan fingerprint density at radius 1 is 1.26 bits per heavy atom. The molecule has 0 amide bonds. The van der Waals surface area contributed by atoms with Gasteiger partial charge in [0.05, 0.1) is 0 Å². The Hall–Kier alpha value is -0.341. The molecule has 0 aromatic heterocycles. The first-order chi connectivity index (χ1) is 8.98. The van der Waals surface area contributed by atoms with E-state index in [1.54, 1.807) is 0 Å². The van der Waals surface area contributed by atoms with E-state index in [2.05, 4.69) is 26.0 Å². The zero-order chi connectivity index (χ0) is 13.3. The fraction of sp³-hybridized carbons (Fsp3) is 0.625. The Balaban J connectivity index is 1.75. The van der Waals surface area contributed by atoms with Gasteiger partial charge in [0.25, 0.3) is 0 Å². The van der Waals surface area contributed by atoms with Crippen molar-refractivity contribution >= 4 is 18.0 Å². The van der Waals surface area contributed by atoms with Gasteiger partial charge in [-0.15, -0.1) is 0 Å². The molecule has 4 rings (SSSR count). The Kier molecular flexibility index (Phi) is 2.38. The first-order valence-corrected chi connectivity index (χ1v) is 10.8. The van der Waals surface area contributed by atoms with Crippen LogP contribution in [-0.4, -0.2) is 23.8 Å². The molecule has 3 heteroatoms. The summed E-state index contributed by atoms with van der Waals surface area (Å²) in [6.07, 6.45) is 4.06. The Morgan fingerprint density at radius 2 is 2.00 bits per heavy atom. The van der Waals surface area contributed by atoms with Crippen LogP contribution < -0.4 is 4.46 Å². The van der Waals surface area contributed by atoms with Gasteiger partial charge in [-0.3, -0.25) is 0 Å². The third kappa shape index (κ3) is 1.40. The molecular formula is C16H22O2Se. The average Bonchev–Trinajstić information content (AvgIpc) is 2.91. The summed E-state index contributed by atoms with van der Waals surface area (Å²) in [7, 11) is 0. The minimum absolute atomic E-state index is 0.252. The van der Waals surface area contributed by atoms with Gasteiger partial charge in [0.1, 0.15) is 0 Å². The summed E-state index contributed by atoms with van der Waals surface area (Å²) in [5.74, 6) is 0.801. The molecule has 4 atom stereocenters. The molecule has 1 aromatic rings. The minimum atomic E-state index is -2.92. The van der Waals surface area contributed by atoms with E-state index >= 15 is 0 Å². The molecule has 19 heavy (non-hydrogen) atoms. The predicted octanol–water partition coefficient (Wildman–Crippen LogP) is 2.55. The van der Waals surface area contributed by atoms with Crippen LogP contribution in [-0.2, 0) is 3.82 Å². The van der Waals surface area contributed by atoms with Gasteiger partial charge < -0.3 is 0 Å². The van der Waals surface area contributed by atoms with Gasteiger partial charge in [-0.05, 0) is 0 Å². The molecule has 1 saturated heterocycles. The van der Waals surface area contributed by atoms with E-state index < -0.39 is 13.5 Å². The van der Waals surface area contributed by atoms with E-state index in [0.29, 0.717) is 11.5 Å². The van der Waals surface area contributed by atoms with Crippen LogP contribution in [0, 0.1) is 16.7 Å². The predicted molar refractivity (Wildman–Crippen MR) is 77.3 cm³/mol. The second kappa shape index (κ2) is 3.65. The summed E-state index contributed by atoms with van der Waals surface area (Å²) in [4.78, 5) is 0. The van der Waals surface area contributed by atoms with Gasteiger partial charge >= 0.3 is 118 Å². The molecule has 0 radical (unpaired) electrons. The standard InChI is InChI=1S/C16H22O2Se/c1-15(2)12-8-9-16(15)11-19(17,18-14(16)10-12)13-6-4-3-5-7-13/h3-7,12,14,17H,8-11H2,1-2H3/t12-,14-,16-/m1/s1. The number of benzene rings is 1. The second-order valence-electron chi connectivity index (χ2n) is 7.03. The summed E-state index contributed by atoms with van der Waals surface area (Å²) in [6.45, 7) is 4.81. The molecule has 2 aliphatic carbocycles. The number of hydrogen-bond donors (Lipinski definition) is 1. The summed E-state index contributed by atoms with van der Waals surface area (Å²) < 4.78 is 18.6. The monoisotopic (exact) mass is 326 g/mol. The quantitative estimate of drug-likeness (QED) is 0.804. The van der Waals surface area contributed by atoms with Crippen molar-refractivity contribution in [1.82, 2.24) is 0 Å². The van der Waals surface area contributed by atoms with E-state index in [4.69, 9.17) is 3.82 Å². The summed E-state index contributed by atoms with van der Waals surface area (Å²) in [5.41, 5.74) is 0.594. The molecule has 3 fully saturated rings. The Bertz CT molecular complexity index is 515. The number of hydrogen-bond acceptors (Lipinski definition) is 2. The molecule has 2 nitrogen and oxygen atoms in total. The molecule has 1 heterocycles. The molecule has 1 aliphatic heterocycles. The summed E-state index contributed by atoms with van der Waals surface area (Å²) in [6, 6.07) is 10.1. The molecule has 2 saturated carbocycles. The van der Waals surface area contributed by atoms with Crippen molar-refractivity contribution in [2.75, 3.05) is 0 Å². The molecule has 1 unspecified atom stereocenters. The van der Waals surface area contributed by atoms with Gasteiger partial charge in [0, 0.05) is 0 Å². The van der Waals surface area contributed by atoms with Crippen molar-refractivity contribution in [3.63, 3.8) is 0 Å². The fourth-order valence-electron chi connectivity index (χ4n) is 4.82. The van der Waals surface area contributed by atoms with Gasteiger partial charge in [-0.25, -0.2) is 0 Å². The van der Waals surface area contributed by atoms with Crippen molar-refractivity contribution in [3.05, 3.63) is 30.3 Å². The van der Waals surface area contributed by atoms with Crippen molar-refractivity contribution < 1.29 is 8.01 Å². The van der Waals surface area contributed by atoms with Gasteiger partial charge in [0.2, 0.25) is 0 Å². The van der Waals surface area contributed by atoms with Crippen LogP contribution in [0.1, 0.15) is 33.1 Å². The third-order valence-corrected chi connectivity index (χ3v) is 11.4. The van der Waals surface area contributed by atoms with Crippen molar-refractivity contribution in [1.29, 1.82) is 0 Å². The third-order valence-electron chi connectivity index (χ3n) is 6.20. The normalized spacial score (nSPS) is 49.8. The van der Waals surface area contributed by atoms with Gasteiger partial charge in [0.15, 0.2) is 0 Å². The molecule has 104 valence electrons. The van der Waals surface area contributed by atoms with Crippen molar-refractivity contribution in [2.45, 2.75) is 44.5 Å².